The van der Waals surface area contributed by atoms with Crippen molar-refractivity contribution in [3.05, 3.63) is 36.5 Å². The first-order valence-electron chi connectivity index (χ1n) is 27.3. The lowest BCUT2D eigenvalue weighted by Gasteiger charge is -2.19. The third-order valence-electron chi connectivity index (χ3n) is 12.4. The van der Waals surface area contributed by atoms with Crippen molar-refractivity contribution in [3.63, 3.8) is 0 Å². The van der Waals surface area contributed by atoms with Gasteiger partial charge in [0.1, 0.15) is 0 Å². The van der Waals surface area contributed by atoms with E-state index in [-0.39, 0.29) is 18.5 Å². The Balaban J connectivity index is 3.57. The number of ether oxygens (including phenoxy) is 1. The maximum absolute atomic E-state index is 12.4. The predicted octanol–water partition coefficient (Wildman–Crippen LogP) is 16.5. The topological polar surface area (TPSA) is 95.9 Å². The highest BCUT2D eigenvalue weighted by Crippen LogP contribution is 2.16. The molecule has 0 saturated carbocycles. The first kappa shape index (κ1) is 60.1. The quantitative estimate of drug-likeness (QED) is 0.0321. The average Bonchev–Trinajstić information content (AvgIpc) is 3.27. The van der Waals surface area contributed by atoms with E-state index in [4.69, 9.17) is 4.74 Å². The van der Waals surface area contributed by atoms with Crippen molar-refractivity contribution in [1.29, 1.82) is 0 Å². The summed E-state index contributed by atoms with van der Waals surface area (Å²) in [5.74, 6) is -0.169. The van der Waals surface area contributed by atoms with Crippen LogP contribution in [-0.2, 0) is 14.3 Å². The minimum atomic E-state index is -0.876. The van der Waals surface area contributed by atoms with Gasteiger partial charge in [-0.15, -0.1) is 0 Å². The Hall–Kier alpha value is -1.92. The minimum absolute atomic E-state index is 0.0414. The van der Waals surface area contributed by atoms with E-state index in [1.54, 1.807) is 6.08 Å². The molecule has 3 N–H and O–H groups in total. The molecule has 2 atom stereocenters. The second-order valence-electron chi connectivity index (χ2n) is 18.5. The number of nitrogens with one attached hydrogen (secondary N) is 1. The maximum atomic E-state index is 12.4. The summed E-state index contributed by atoms with van der Waals surface area (Å²) in [5.41, 5.74) is 0. The van der Waals surface area contributed by atoms with E-state index in [1.807, 2.05) is 6.08 Å². The van der Waals surface area contributed by atoms with Crippen molar-refractivity contribution in [2.45, 2.75) is 296 Å². The molecule has 0 bridgehead atoms. The number of aliphatic hydroxyl groups is 2. The molecule has 62 heavy (non-hydrogen) atoms. The number of hydrogen-bond acceptors (Lipinski definition) is 5. The van der Waals surface area contributed by atoms with Crippen molar-refractivity contribution >= 4 is 11.9 Å². The highest BCUT2D eigenvalue weighted by molar-refractivity contribution is 5.76. The highest BCUT2D eigenvalue weighted by atomic mass is 16.5. The molecular formula is C56H105NO5. The molecule has 0 saturated heterocycles. The van der Waals surface area contributed by atoms with Crippen LogP contribution in [0.15, 0.2) is 36.5 Å². The monoisotopic (exact) mass is 872 g/mol. The first-order chi connectivity index (χ1) is 30.5. The normalized spacial score (nSPS) is 12.9. The SMILES string of the molecule is CCCCCCCC/C=C\CCCCCCCCCC(=O)OCCCCCC/C=C\CCCC(=O)NC(CO)C(O)/C=C/CCCCCCCCCCCCCCCCCCC. The minimum Gasteiger partial charge on any atom is -0.466 e. The van der Waals surface area contributed by atoms with Gasteiger partial charge >= 0.3 is 5.97 Å². The number of hydrogen-bond donors (Lipinski definition) is 3. The molecule has 0 aliphatic heterocycles. The number of aliphatic hydroxyl groups excluding tert-OH is 2. The summed E-state index contributed by atoms with van der Waals surface area (Å²) in [6.45, 7) is 4.81. The van der Waals surface area contributed by atoms with Crippen LogP contribution in [-0.4, -0.2) is 47.4 Å². The molecule has 1 amide bonds. The Morgan fingerprint density at radius 3 is 1.18 bits per heavy atom. The summed E-state index contributed by atoms with van der Waals surface area (Å²) in [5, 5.41) is 23.1. The van der Waals surface area contributed by atoms with Gasteiger partial charge in [-0.1, -0.05) is 230 Å². The Morgan fingerprint density at radius 1 is 0.435 bits per heavy atom. The fraction of sp³-hybridized carbons (Fsp3) is 0.857. The van der Waals surface area contributed by atoms with Crippen LogP contribution in [0.4, 0.5) is 0 Å². The van der Waals surface area contributed by atoms with E-state index in [1.165, 1.54) is 186 Å². The van der Waals surface area contributed by atoms with Crippen molar-refractivity contribution in [2.24, 2.45) is 0 Å². The van der Waals surface area contributed by atoms with Crippen LogP contribution in [0.5, 0.6) is 0 Å². The third-order valence-corrected chi connectivity index (χ3v) is 12.4. The molecule has 0 fully saturated rings. The summed E-state index contributed by atoms with van der Waals surface area (Å²) >= 11 is 0. The molecule has 0 spiro atoms. The second-order valence-corrected chi connectivity index (χ2v) is 18.5. The van der Waals surface area contributed by atoms with Gasteiger partial charge < -0.3 is 20.3 Å². The van der Waals surface area contributed by atoms with Crippen LogP contribution in [0.25, 0.3) is 0 Å². The lowest BCUT2D eigenvalue weighted by molar-refractivity contribution is -0.143. The molecule has 364 valence electrons. The molecule has 0 aromatic rings. The van der Waals surface area contributed by atoms with Crippen molar-refractivity contribution in [1.82, 2.24) is 5.32 Å². The molecule has 0 aliphatic rings. The maximum Gasteiger partial charge on any atom is 0.305 e. The molecule has 6 nitrogen and oxygen atoms in total. The first-order valence-corrected chi connectivity index (χ1v) is 27.3. The standard InChI is InChI=1S/C56H105NO5/c1-3-5-7-9-11-13-15-17-19-21-22-24-25-27-29-32-36-40-44-48-54(59)53(52-58)57-55(60)49-45-41-37-33-31-35-39-43-47-51-62-56(61)50-46-42-38-34-30-28-26-23-20-18-16-14-12-10-8-6-4-2/h18,20,33,37,44,48,53-54,58-59H,3-17,19,21-32,34-36,38-43,45-47,49-52H2,1-2H3,(H,57,60)/b20-18-,37-33-,48-44+. The van der Waals surface area contributed by atoms with Crippen LogP contribution in [0.1, 0.15) is 284 Å². The van der Waals surface area contributed by atoms with E-state index >= 15 is 0 Å². The number of esters is 1. The zero-order valence-corrected chi connectivity index (χ0v) is 41.4. The third kappa shape index (κ3) is 47.6. The number of unbranched alkanes of at least 4 members (excludes halogenated alkanes) is 35. The summed E-state index contributed by atoms with van der Waals surface area (Å²) in [6, 6.07) is -0.666. The van der Waals surface area contributed by atoms with E-state index in [2.05, 4.69) is 43.5 Å². The van der Waals surface area contributed by atoms with Gasteiger partial charge in [0.25, 0.3) is 0 Å². The van der Waals surface area contributed by atoms with Crippen LogP contribution < -0.4 is 5.32 Å². The molecule has 0 radical (unpaired) electrons. The Kier molecular flexibility index (Phi) is 50.1. The number of rotatable bonds is 50. The second kappa shape index (κ2) is 51.7. The van der Waals surface area contributed by atoms with Crippen LogP contribution >= 0.6 is 0 Å². The molecule has 0 aromatic heterocycles. The molecule has 2 unspecified atom stereocenters. The molecule has 0 rings (SSSR count). The van der Waals surface area contributed by atoms with Gasteiger partial charge in [0, 0.05) is 12.8 Å². The largest absolute Gasteiger partial charge is 0.466 e. The number of allylic oxidation sites excluding steroid dienone is 5. The van der Waals surface area contributed by atoms with Crippen LogP contribution in [0.3, 0.4) is 0 Å². The predicted molar refractivity (Wildman–Crippen MR) is 269 cm³/mol. The van der Waals surface area contributed by atoms with Gasteiger partial charge in [-0.05, 0) is 77.0 Å². The summed E-state index contributed by atoms with van der Waals surface area (Å²) in [6.07, 6.45) is 63.0. The van der Waals surface area contributed by atoms with Crippen molar-refractivity contribution < 1.29 is 24.5 Å². The van der Waals surface area contributed by atoms with Gasteiger partial charge in [-0.2, -0.15) is 0 Å². The molecule has 0 aliphatic carbocycles. The average molecular weight is 872 g/mol. The molecular weight excluding hydrogens is 767 g/mol. The van der Waals surface area contributed by atoms with E-state index in [9.17, 15) is 19.8 Å². The summed E-state index contributed by atoms with van der Waals surface area (Å²) < 4.78 is 5.45. The zero-order chi connectivity index (χ0) is 45.1. The smallest absolute Gasteiger partial charge is 0.305 e. The van der Waals surface area contributed by atoms with Gasteiger partial charge in [0.15, 0.2) is 0 Å². The summed E-state index contributed by atoms with van der Waals surface area (Å²) in [7, 11) is 0. The fourth-order valence-corrected chi connectivity index (χ4v) is 8.16. The molecule has 0 aromatic carbocycles. The van der Waals surface area contributed by atoms with Gasteiger partial charge in [-0.25, -0.2) is 0 Å². The Bertz CT molecular complexity index is 1010. The van der Waals surface area contributed by atoms with Gasteiger partial charge in [0.2, 0.25) is 5.91 Å². The van der Waals surface area contributed by atoms with Gasteiger partial charge in [0.05, 0.1) is 25.4 Å². The lowest BCUT2D eigenvalue weighted by atomic mass is 10.0. The van der Waals surface area contributed by atoms with Crippen LogP contribution in [0.2, 0.25) is 0 Å². The van der Waals surface area contributed by atoms with Gasteiger partial charge in [-0.3, -0.25) is 9.59 Å². The van der Waals surface area contributed by atoms with Crippen molar-refractivity contribution in [3.8, 4) is 0 Å². The van der Waals surface area contributed by atoms with E-state index in [0.29, 0.717) is 19.4 Å². The lowest BCUT2D eigenvalue weighted by Crippen LogP contribution is -2.45. The zero-order valence-electron chi connectivity index (χ0n) is 41.4. The van der Waals surface area contributed by atoms with E-state index < -0.39 is 12.1 Å². The van der Waals surface area contributed by atoms with E-state index in [0.717, 1.165) is 70.6 Å². The van der Waals surface area contributed by atoms with Crippen LogP contribution in [0, 0.1) is 0 Å². The van der Waals surface area contributed by atoms with Crippen molar-refractivity contribution in [2.75, 3.05) is 13.2 Å². The summed E-state index contributed by atoms with van der Waals surface area (Å²) in [4.78, 5) is 24.5. The Labute approximate surface area is 385 Å². The molecule has 0 heterocycles. The number of amides is 1. The fourth-order valence-electron chi connectivity index (χ4n) is 8.16. The highest BCUT2D eigenvalue weighted by Gasteiger charge is 2.17. The number of carbonyl (C=O) groups is 2. The molecule has 6 heteroatoms. The number of carbonyl (C=O) groups excluding carboxylic acids is 2. The Morgan fingerprint density at radius 2 is 0.774 bits per heavy atom.